The van der Waals surface area contributed by atoms with Crippen LogP contribution in [-0.2, 0) is 52.8 Å². The van der Waals surface area contributed by atoms with Crippen LogP contribution in [0.25, 0.3) is 0 Å². The van der Waals surface area contributed by atoms with E-state index < -0.39 is 88.3 Å². The van der Waals surface area contributed by atoms with Crippen molar-refractivity contribution in [1.82, 2.24) is 25.2 Å². The molecule has 0 spiro atoms. The Labute approximate surface area is 395 Å². The standard InChI is InChI=1S/C48H77N7O12/c1-11-39-48(8,60)43(58)31(4)40(51-67-37-16-14-22-49-27-37)29(2)26-47(7,63-10)44(32(5)41(56)33(6)45(59)65-39)66-46-42(57)38(25-30(3)64-46)53(9)24-21-35-28-54(52-50-35)23-13-12-15-34-17-19-36(20-18-34)55(61)62/h17-20,28-33,37-39,42-44,46,49,57-58,60H,11-16,21-27H2,1-10H3/b51-40+/t29-,30-,31+,32+,33-,37?,38+,39-,42-,43-,44-,46+,47-,48-/m1/s1. The molecule has 2 aromatic rings. The normalized spacial score (nSPS) is 35.6. The SMILES string of the molecule is CC[C@H]1OC(=O)[C@H](C)C(=O)[C@H](C)[C@@H](O[C@@H]2O[C@H](C)C[C@H](N(C)CCc3cn(CCCCc4ccc([N+](=O)[O-])cc4)nn3)[C@H]2O)[C@](C)(OC)C[C@@H](C)/C(=N\OC2CCCNC2)[C@H](C)[C@@H](O)[C@]1(C)O. The Morgan fingerprint density at radius 1 is 1.07 bits per heavy atom. The summed E-state index contributed by atoms with van der Waals surface area (Å²) in [5, 5.41) is 63.5. The van der Waals surface area contributed by atoms with E-state index in [0.717, 1.165) is 49.9 Å². The Kier molecular flexibility index (Phi) is 19.4. The lowest BCUT2D eigenvalue weighted by Gasteiger charge is -2.47. The Morgan fingerprint density at radius 3 is 2.43 bits per heavy atom. The first kappa shape index (κ1) is 54.0. The number of nitrogens with one attached hydrogen (secondary N) is 1. The lowest BCUT2D eigenvalue weighted by molar-refractivity contribution is -0.384. The number of nitrogens with zero attached hydrogens (tertiary/aromatic N) is 6. The van der Waals surface area contributed by atoms with Gasteiger partial charge in [-0.1, -0.05) is 50.2 Å². The Balaban J connectivity index is 1.33. The van der Waals surface area contributed by atoms with Crippen molar-refractivity contribution in [3.05, 3.63) is 51.8 Å². The summed E-state index contributed by atoms with van der Waals surface area (Å²) in [7, 11) is 3.45. The lowest BCUT2D eigenvalue weighted by Crippen LogP contribution is -2.60. The van der Waals surface area contributed by atoms with Crippen molar-refractivity contribution in [2.75, 3.05) is 33.8 Å². The number of rotatable bonds is 16. The number of esters is 1. The van der Waals surface area contributed by atoms with Crippen LogP contribution in [0.1, 0.15) is 112 Å². The third kappa shape index (κ3) is 13.6. The number of likely N-dealkylation sites (N-methyl/N-ethyl adjacent to an activating group) is 1. The number of non-ortho nitro benzene ring substituents is 1. The van der Waals surface area contributed by atoms with E-state index >= 15 is 0 Å². The van der Waals surface area contributed by atoms with Crippen molar-refractivity contribution in [3.8, 4) is 0 Å². The van der Waals surface area contributed by atoms with Gasteiger partial charge in [-0.05, 0) is 98.2 Å². The third-order valence-electron chi connectivity index (χ3n) is 14.4. The molecule has 3 aliphatic rings. The van der Waals surface area contributed by atoms with Gasteiger partial charge in [0.15, 0.2) is 12.1 Å². The van der Waals surface area contributed by atoms with Crippen molar-refractivity contribution in [3.63, 3.8) is 0 Å². The van der Waals surface area contributed by atoms with E-state index in [4.69, 9.17) is 23.8 Å². The molecule has 67 heavy (non-hydrogen) atoms. The number of cyclic esters (lactones) is 1. The van der Waals surface area contributed by atoms with Gasteiger partial charge in [-0.2, -0.15) is 0 Å². The number of nitro benzene ring substituents is 1. The molecule has 19 nitrogen and oxygen atoms in total. The lowest BCUT2D eigenvalue weighted by atomic mass is 9.74. The predicted molar refractivity (Wildman–Crippen MR) is 249 cm³/mol. The summed E-state index contributed by atoms with van der Waals surface area (Å²) in [6, 6.07) is 6.22. The van der Waals surface area contributed by atoms with Crippen molar-refractivity contribution in [1.29, 1.82) is 0 Å². The number of unbranched alkanes of at least 4 members (excludes halogenated alkanes) is 1. The number of aryl methyl sites for hydroxylation is 2. The molecule has 3 fully saturated rings. The zero-order valence-corrected chi connectivity index (χ0v) is 41.2. The second-order valence-electron chi connectivity index (χ2n) is 19.7. The van der Waals surface area contributed by atoms with Gasteiger partial charge >= 0.3 is 5.97 Å². The molecule has 3 saturated heterocycles. The summed E-state index contributed by atoms with van der Waals surface area (Å²) in [4.78, 5) is 46.9. The Morgan fingerprint density at radius 2 is 1.79 bits per heavy atom. The molecule has 376 valence electrons. The summed E-state index contributed by atoms with van der Waals surface area (Å²) >= 11 is 0. The molecule has 1 aromatic carbocycles. The second kappa shape index (κ2) is 24.1. The number of oxime groups is 1. The van der Waals surface area contributed by atoms with Gasteiger partial charge in [-0.15, -0.1) is 5.10 Å². The zero-order valence-electron chi connectivity index (χ0n) is 41.2. The molecule has 4 heterocycles. The molecule has 0 aliphatic carbocycles. The van der Waals surface area contributed by atoms with Crippen LogP contribution in [-0.4, -0.2) is 152 Å². The van der Waals surface area contributed by atoms with Crippen molar-refractivity contribution < 1.29 is 53.6 Å². The largest absolute Gasteiger partial charge is 0.459 e. The van der Waals surface area contributed by atoms with Crippen LogP contribution in [0.4, 0.5) is 5.69 Å². The van der Waals surface area contributed by atoms with E-state index in [9.17, 15) is 35.0 Å². The Hall–Kier alpha value is -3.95. The minimum absolute atomic E-state index is 0.0775. The van der Waals surface area contributed by atoms with E-state index in [1.807, 2.05) is 38.7 Å². The maximum atomic E-state index is 14.4. The van der Waals surface area contributed by atoms with Crippen molar-refractivity contribution in [2.24, 2.45) is 28.8 Å². The number of carbonyl (C=O) groups excluding carboxylic acids is 2. The topological polar surface area (TPSA) is 242 Å². The summed E-state index contributed by atoms with van der Waals surface area (Å²) < 4.78 is 27.1. The molecular formula is C48H77N7O12. The van der Waals surface area contributed by atoms with E-state index in [0.29, 0.717) is 38.2 Å². The molecule has 19 heteroatoms. The first-order chi connectivity index (χ1) is 31.7. The molecule has 4 N–H and O–H groups in total. The third-order valence-corrected chi connectivity index (χ3v) is 14.4. The van der Waals surface area contributed by atoms with Crippen LogP contribution < -0.4 is 5.32 Å². The number of aliphatic hydroxyl groups is 3. The van der Waals surface area contributed by atoms with E-state index in [1.54, 1.807) is 32.9 Å². The quantitative estimate of drug-likeness (QED) is 0.0599. The highest BCUT2D eigenvalue weighted by Crippen LogP contribution is 2.39. The average Bonchev–Trinajstić information content (AvgIpc) is 3.77. The molecule has 14 atom stereocenters. The van der Waals surface area contributed by atoms with Gasteiger partial charge in [0.1, 0.15) is 29.8 Å². The van der Waals surface area contributed by atoms with Gasteiger partial charge in [0.25, 0.3) is 5.69 Å². The van der Waals surface area contributed by atoms with E-state index in [-0.39, 0.29) is 30.7 Å². The number of benzene rings is 1. The summed E-state index contributed by atoms with van der Waals surface area (Å²) in [6.45, 7) is 16.4. The fraction of sp³-hybridized carbons (Fsp3) is 0.771. The monoisotopic (exact) mass is 944 g/mol. The summed E-state index contributed by atoms with van der Waals surface area (Å²) in [6.07, 6.45) is 1.05. The number of piperidine rings is 1. The van der Waals surface area contributed by atoms with Crippen molar-refractivity contribution in [2.45, 2.75) is 180 Å². The molecule has 0 bridgehead atoms. The number of aromatic nitrogens is 3. The molecule has 0 saturated carbocycles. The van der Waals surface area contributed by atoms with Gasteiger partial charge in [-0.3, -0.25) is 24.4 Å². The highest BCUT2D eigenvalue weighted by atomic mass is 16.7. The van der Waals surface area contributed by atoms with E-state index in [1.165, 1.54) is 33.1 Å². The number of methoxy groups -OCH3 is 1. The molecule has 0 radical (unpaired) electrons. The van der Waals surface area contributed by atoms with E-state index in [2.05, 4.69) is 25.7 Å². The van der Waals surface area contributed by atoms with Crippen LogP contribution >= 0.6 is 0 Å². The van der Waals surface area contributed by atoms with Crippen LogP contribution in [0.2, 0.25) is 0 Å². The molecule has 0 amide bonds. The van der Waals surface area contributed by atoms with Crippen LogP contribution in [0.15, 0.2) is 35.6 Å². The fourth-order valence-electron chi connectivity index (χ4n) is 9.99. The average molecular weight is 944 g/mol. The van der Waals surface area contributed by atoms with Crippen LogP contribution in [0, 0.1) is 33.8 Å². The maximum Gasteiger partial charge on any atom is 0.316 e. The molecule has 1 unspecified atom stereocenters. The number of Topliss-reactive ketones (excluding diaryl/α,β-unsaturated/α-hetero) is 1. The van der Waals surface area contributed by atoms with Gasteiger partial charge < -0.3 is 49.3 Å². The van der Waals surface area contributed by atoms with Crippen LogP contribution in [0.5, 0.6) is 0 Å². The number of hydrogen-bond acceptors (Lipinski definition) is 17. The number of ether oxygens (including phenoxy) is 4. The summed E-state index contributed by atoms with van der Waals surface area (Å²) in [5.74, 6) is -4.83. The van der Waals surface area contributed by atoms with Gasteiger partial charge in [0.2, 0.25) is 0 Å². The first-order valence-corrected chi connectivity index (χ1v) is 24.2. The smallest absolute Gasteiger partial charge is 0.316 e. The minimum atomic E-state index is -1.92. The van der Waals surface area contributed by atoms with Gasteiger partial charge in [0.05, 0.1) is 40.2 Å². The maximum absolute atomic E-state index is 14.4. The highest BCUT2D eigenvalue weighted by Gasteiger charge is 2.52. The highest BCUT2D eigenvalue weighted by molar-refractivity contribution is 6.00. The number of nitro groups is 1. The second-order valence-corrected chi connectivity index (χ2v) is 19.7. The number of carbonyl (C=O) groups is 2. The molecule has 3 aliphatic heterocycles. The Bertz CT molecular complexity index is 1940. The summed E-state index contributed by atoms with van der Waals surface area (Å²) in [5.41, 5.74) is -0.812. The number of ketones is 1. The van der Waals surface area contributed by atoms with Crippen LogP contribution in [0.3, 0.4) is 0 Å². The minimum Gasteiger partial charge on any atom is -0.459 e. The van der Waals surface area contributed by atoms with Gasteiger partial charge in [0, 0.05) is 75.3 Å². The first-order valence-electron chi connectivity index (χ1n) is 24.2. The number of aliphatic hydroxyl groups excluding tert-OH is 2. The fourth-order valence-corrected chi connectivity index (χ4v) is 9.99. The van der Waals surface area contributed by atoms with Crippen molar-refractivity contribution >= 4 is 23.2 Å². The van der Waals surface area contributed by atoms with Gasteiger partial charge in [-0.25, -0.2) is 0 Å². The molecule has 1 aromatic heterocycles. The molecular weight excluding hydrogens is 867 g/mol. The predicted octanol–water partition coefficient (Wildman–Crippen LogP) is 4.41. The molecule has 5 rings (SSSR count). The number of hydrogen-bond donors (Lipinski definition) is 4. The zero-order chi connectivity index (χ0) is 49.2.